The Morgan fingerprint density at radius 3 is 2.82 bits per heavy atom. The molecule has 0 aliphatic heterocycles. The van der Waals surface area contributed by atoms with Gasteiger partial charge in [-0.1, -0.05) is 24.3 Å². The van der Waals surface area contributed by atoms with Crippen LogP contribution < -0.4 is 0 Å². The van der Waals surface area contributed by atoms with Crippen molar-refractivity contribution in [2.45, 2.75) is 25.3 Å². The van der Waals surface area contributed by atoms with Gasteiger partial charge in [0.05, 0.1) is 0 Å². The van der Waals surface area contributed by atoms with E-state index in [9.17, 15) is 0 Å². The highest BCUT2D eigenvalue weighted by atomic mass is 15.1. The number of likely N-dealkylation sites (N-methyl/N-ethyl adjacent to an activating group) is 1. The summed E-state index contributed by atoms with van der Waals surface area (Å²) in [6.45, 7) is 0. The predicted molar refractivity (Wildman–Crippen MR) is 49.6 cm³/mol. The fraction of sp³-hybridized carbons (Fsp3) is 0.600. The standard InChI is InChI=1S/C10H17N/c1-11(2)10-8-6-4-3-5-7-9-10/h3-4,6,8,10H,5,7,9H2,1-2H3. The van der Waals surface area contributed by atoms with Crippen LogP contribution in [-0.2, 0) is 0 Å². The minimum atomic E-state index is 0.639. The second kappa shape index (κ2) is 4.35. The van der Waals surface area contributed by atoms with Crippen LogP contribution in [0.2, 0.25) is 0 Å². The minimum Gasteiger partial charge on any atom is -0.303 e. The molecule has 0 bridgehead atoms. The van der Waals surface area contributed by atoms with E-state index in [1.54, 1.807) is 0 Å². The summed E-state index contributed by atoms with van der Waals surface area (Å²) in [7, 11) is 4.28. The van der Waals surface area contributed by atoms with Crippen molar-refractivity contribution in [3.63, 3.8) is 0 Å². The third-order valence-corrected chi connectivity index (χ3v) is 2.11. The van der Waals surface area contributed by atoms with Gasteiger partial charge in [0.15, 0.2) is 0 Å². The molecule has 1 atom stereocenters. The zero-order chi connectivity index (χ0) is 8.10. The zero-order valence-corrected chi connectivity index (χ0v) is 7.46. The lowest BCUT2D eigenvalue weighted by atomic mass is 10.1. The van der Waals surface area contributed by atoms with Gasteiger partial charge in [-0.25, -0.2) is 0 Å². The summed E-state index contributed by atoms with van der Waals surface area (Å²) in [5.41, 5.74) is 0. The molecule has 0 heterocycles. The lowest BCUT2D eigenvalue weighted by Crippen LogP contribution is -2.25. The van der Waals surface area contributed by atoms with Gasteiger partial charge < -0.3 is 4.90 Å². The van der Waals surface area contributed by atoms with Crippen LogP contribution in [0.3, 0.4) is 0 Å². The monoisotopic (exact) mass is 151 g/mol. The highest BCUT2D eigenvalue weighted by Gasteiger charge is 2.06. The molecule has 0 aromatic heterocycles. The Morgan fingerprint density at radius 2 is 2.09 bits per heavy atom. The molecule has 0 fully saturated rings. The molecule has 0 aromatic rings. The fourth-order valence-corrected chi connectivity index (χ4v) is 1.34. The average molecular weight is 151 g/mol. The number of hydrogen-bond acceptors (Lipinski definition) is 1. The molecule has 0 saturated carbocycles. The van der Waals surface area contributed by atoms with E-state index in [1.165, 1.54) is 19.3 Å². The first-order valence-corrected chi connectivity index (χ1v) is 4.30. The third kappa shape index (κ3) is 2.89. The summed E-state index contributed by atoms with van der Waals surface area (Å²) in [6, 6.07) is 0.639. The first-order valence-electron chi connectivity index (χ1n) is 4.30. The Bertz CT molecular complexity index is 156. The molecule has 1 rings (SSSR count). The number of nitrogens with zero attached hydrogens (tertiary/aromatic N) is 1. The van der Waals surface area contributed by atoms with E-state index in [0.717, 1.165) is 0 Å². The van der Waals surface area contributed by atoms with E-state index in [-0.39, 0.29) is 0 Å². The lowest BCUT2D eigenvalue weighted by Gasteiger charge is -2.21. The number of rotatable bonds is 1. The molecule has 1 heteroatoms. The van der Waals surface area contributed by atoms with Gasteiger partial charge in [-0.05, 0) is 33.4 Å². The van der Waals surface area contributed by atoms with Crippen molar-refractivity contribution in [2.24, 2.45) is 0 Å². The first-order chi connectivity index (χ1) is 5.30. The third-order valence-electron chi connectivity index (χ3n) is 2.11. The van der Waals surface area contributed by atoms with Crippen LogP contribution in [0.5, 0.6) is 0 Å². The average Bonchev–Trinajstić information content (AvgIpc) is 1.84. The maximum absolute atomic E-state index is 2.27. The first kappa shape index (κ1) is 8.54. The van der Waals surface area contributed by atoms with Crippen LogP contribution in [0, 0.1) is 0 Å². The van der Waals surface area contributed by atoms with Crippen molar-refractivity contribution >= 4 is 0 Å². The molecule has 0 spiro atoms. The van der Waals surface area contributed by atoms with Gasteiger partial charge in [0.25, 0.3) is 0 Å². The summed E-state index contributed by atoms with van der Waals surface area (Å²) in [5.74, 6) is 0. The van der Waals surface area contributed by atoms with E-state index in [2.05, 4.69) is 43.3 Å². The molecule has 11 heavy (non-hydrogen) atoms. The van der Waals surface area contributed by atoms with Crippen molar-refractivity contribution in [3.8, 4) is 0 Å². The van der Waals surface area contributed by atoms with Crippen molar-refractivity contribution in [3.05, 3.63) is 24.3 Å². The van der Waals surface area contributed by atoms with E-state index in [1.807, 2.05) is 0 Å². The Kier molecular flexibility index (Phi) is 3.37. The molecule has 1 aliphatic carbocycles. The molecule has 1 aliphatic rings. The molecule has 0 N–H and O–H groups in total. The van der Waals surface area contributed by atoms with Gasteiger partial charge >= 0.3 is 0 Å². The van der Waals surface area contributed by atoms with Crippen LogP contribution in [0.15, 0.2) is 24.3 Å². The van der Waals surface area contributed by atoms with Crippen LogP contribution in [0.4, 0.5) is 0 Å². The number of hydrogen-bond donors (Lipinski definition) is 0. The molecule has 1 nitrogen and oxygen atoms in total. The van der Waals surface area contributed by atoms with E-state index >= 15 is 0 Å². The van der Waals surface area contributed by atoms with Crippen LogP contribution in [-0.4, -0.2) is 25.0 Å². The van der Waals surface area contributed by atoms with Crippen LogP contribution in [0.1, 0.15) is 19.3 Å². The molecular formula is C10H17N. The van der Waals surface area contributed by atoms with Gasteiger partial charge in [-0.15, -0.1) is 0 Å². The Hall–Kier alpha value is -0.560. The Morgan fingerprint density at radius 1 is 1.27 bits per heavy atom. The van der Waals surface area contributed by atoms with E-state index in [0.29, 0.717) is 6.04 Å². The maximum Gasteiger partial charge on any atom is 0.0275 e. The van der Waals surface area contributed by atoms with Crippen molar-refractivity contribution < 1.29 is 0 Å². The van der Waals surface area contributed by atoms with Gasteiger partial charge in [0.1, 0.15) is 0 Å². The normalized spacial score (nSPS) is 25.2. The second-order valence-corrected chi connectivity index (χ2v) is 3.27. The summed E-state index contributed by atoms with van der Waals surface area (Å²) < 4.78 is 0. The highest BCUT2D eigenvalue weighted by molar-refractivity contribution is 5.07. The fourth-order valence-electron chi connectivity index (χ4n) is 1.34. The second-order valence-electron chi connectivity index (χ2n) is 3.27. The molecule has 1 unspecified atom stereocenters. The SMILES string of the molecule is CN(C)C1C=CC=CCCC1. The van der Waals surface area contributed by atoms with Crippen molar-refractivity contribution in [1.29, 1.82) is 0 Å². The van der Waals surface area contributed by atoms with Crippen molar-refractivity contribution in [1.82, 2.24) is 4.90 Å². The molecule has 0 saturated heterocycles. The summed E-state index contributed by atoms with van der Waals surface area (Å²) in [5, 5.41) is 0. The van der Waals surface area contributed by atoms with E-state index < -0.39 is 0 Å². The predicted octanol–water partition coefficient (Wildman–Crippen LogP) is 2.21. The minimum absolute atomic E-state index is 0.639. The molecular weight excluding hydrogens is 134 g/mol. The largest absolute Gasteiger partial charge is 0.303 e. The number of allylic oxidation sites excluding steroid dienone is 3. The Balaban J connectivity index is 2.51. The molecule has 0 aromatic carbocycles. The Labute approximate surface area is 69.4 Å². The molecule has 62 valence electrons. The molecule has 0 radical (unpaired) electrons. The van der Waals surface area contributed by atoms with Gasteiger partial charge in [-0.2, -0.15) is 0 Å². The molecule has 0 amide bonds. The van der Waals surface area contributed by atoms with Crippen LogP contribution in [0.25, 0.3) is 0 Å². The van der Waals surface area contributed by atoms with Gasteiger partial charge in [0, 0.05) is 6.04 Å². The zero-order valence-electron chi connectivity index (χ0n) is 7.46. The van der Waals surface area contributed by atoms with Crippen LogP contribution >= 0.6 is 0 Å². The van der Waals surface area contributed by atoms with Gasteiger partial charge in [0.2, 0.25) is 0 Å². The van der Waals surface area contributed by atoms with E-state index in [4.69, 9.17) is 0 Å². The smallest absolute Gasteiger partial charge is 0.0275 e. The van der Waals surface area contributed by atoms with Gasteiger partial charge in [-0.3, -0.25) is 0 Å². The maximum atomic E-state index is 2.27. The highest BCUT2D eigenvalue weighted by Crippen LogP contribution is 2.10. The topological polar surface area (TPSA) is 3.24 Å². The summed E-state index contributed by atoms with van der Waals surface area (Å²) in [6.07, 6.45) is 12.6. The quantitative estimate of drug-likeness (QED) is 0.555. The summed E-state index contributed by atoms with van der Waals surface area (Å²) in [4.78, 5) is 2.27. The summed E-state index contributed by atoms with van der Waals surface area (Å²) >= 11 is 0. The lowest BCUT2D eigenvalue weighted by molar-refractivity contribution is 0.323. The van der Waals surface area contributed by atoms with Crippen molar-refractivity contribution in [2.75, 3.05) is 14.1 Å².